The molecule has 0 N–H and O–H groups in total. The fourth-order valence-electron chi connectivity index (χ4n) is 6.45. The number of allylic oxidation sites excluding steroid dienone is 1. The van der Waals surface area contributed by atoms with Gasteiger partial charge in [0.25, 0.3) is 0 Å². The summed E-state index contributed by atoms with van der Waals surface area (Å²) < 4.78 is 24.8. The summed E-state index contributed by atoms with van der Waals surface area (Å²) >= 11 is 0. The smallest absolute Gasteiger partial charge is 0.314 e. The topological polar surface area (TPSA) is 35.5 Å². The third-order valence-corrected chi connectivity index (χ3v) is 8.16. The van der Waals surface area contributed by atoms with E-state index in [4.69, 9.17) is 9.47 Å². The molecule has 0 saturated heterocycles. The van der Waals surface area contributed by atoms with Crippen LogP contribution in [0, 0.1) is 41.3 Å². The maximum absolute atomic E-state index is 14.2. The van der Waals surface area contributed by atoms with E-state index >= 15 is 0 Å². The number of rotatable bonds is 5. The number of fused-ring (bicyclic) bond motifs is 1. The summed E-state index contributed by atoms with van der Waals surface area (Å²) in [7, 11) is 1.49. The molecule has 4 heteroatoms. The van der Waals surface area contributed by atoms with Crippen molar-refractivity contribution in [3.63, 3.8) is 0 Å². The number of carbonyl (C=O) groups is 1. The number of halogens is 1. The molecule has 30 heavy (non-hydrogen) atoms. The Morgan fingerprint density at radius 1 is 1.03 bits per heavy atom. The van der Waals surface area contributed by atoms with E-state index in [1.165, 1.54) is 64.2 Å². The van der Waals surface area contributed by atoms with Crippen LogP contribution in [0.5, 0.6) is 11.5 Å². The Bertz CT molecular complexity index is 753. The molecule has 164 valence electrons. The lowest BCUT2D eigenvalue weighted by molar-refractivity contribution is -0.144. The molecule has 4 atom stereocenters. The minimum absolute atomic E-state index is 0.00980. The zero-order chi connectivity index (χ0) is 21.1. The Balaban J connectivity index is 1.36. The number of hydrogen-bond donors (Lipinski definition) is 0. The van der Waals surface area contributed by atoms with E-state index < -0.39 is 5.82 Å². The van der Waals surface area contributed by atoms with E-state index in [9.17, 15) is 9.18 Å². The number of esters is 1. The van der Waals surface area contributed by atoms with Crippen molar-refractivity contribution in [2.45, 2.75) is 64.2 Å². The lowest BCUT2D eigenvalue weighted by Crippen LogP contribution is -2.40. The van der Waals surface area contributed by atoms with Crippen molar-refractivity contribution in [2.75, 3.05) is 7.11 Å². The lowest BCUT2D eigenvalue weighted by atomic mass is 9.59. The lowest BCUT2D eigenvalue weighted by Gasteiger charge is -2.45. The van der Waals surface area contributed by atoms with Crippen molar-refractivity contribution in [3.05, 3.63) is 36.7 Å². The molecule has 3 aliphatic carbocycles. The SMILES string of the molecule is C=CC1CCC(C2CCC3C(CCCC3C(=O)Oc3ccc(OC)cc3F)C2)CC1. The first-order valence-electron chi connectivity index (χ1n) is 11.8. The van der Waals surface area contributed by atoms with Gasteiger partial charge < -0.3 is 9.47 Å². The molecule has 0 bridgehead atoms. The van der Waals surface area contributed by atoms with Crippen LogP contribution in [0.25, 0.3) is 0 Å². The molecule has 0 aliphatic heterocycles. The first kappa shape index (κ1) is 21.4. The molecule has 0 spiro atoms. The molecule has 3 nitrogen and oxygen atoms in total. The van der Waals surface area contributed by atoms with Gasteiger partial charge in [-0.15, -0.1) is 6.58 Å². The zero-order valence-corrected chi connectivity index (χ0v) is 18.2. The summed E-state index contributed by atoms with van der Waals surface area (Å²) in [6.45, 7) is 3.97. The fraction of sp³-hybridized carbons (Fsp3) is 0.654. The van der Waals surface area contributed by atoms with Gasteiger partial charge in [-0.1, -0.05) is 18.9 Å². The Hall–Kier alpha value is -1.84. The molecule has 4 rings (SSSR count). The van der Waals surface area contributed by atoms with Crippen molar-refractivity contribution < 1.29 is 18.7 Å². The molecular weight excluding hydrogens is 379 g/mol. The summed E-state index contributed by atoms with van der Waals surface area (Å²) in [5, 5.41) is 0. The molecule has 0 heterocycles. The van der Waals surface area contributed by atoms with Crippen LogP contribution in [-0.2, 0) is 4.79 Å². The van der Waals surface area contributed by atoms with Crippen LogP contribution in [0.1, 0.15) is 64.2 Å². The first-order chi connectivity index (χ1) is 14.6. The van der Waals surface area contributed by atoms with Gasteiger partial charge in [0.2, 0.25) is 0 Å². The van der Waals surface area contributed by atoms with E-state index in [0.717, 1.165) is 31.1 Å². The summed E-state index contributed by atoms with van der Waals surface area (Å²) in [5.41, 5.74) is 0. The van der Waals surface area contributed by atoms with Crippen LogP contribution in [0.2, 0.25) is 0 Å². The summed E-state index contributed by atoms with van der Waals surface area (Å²) in [4.78, 5) is 13.0. The van der Waals surface area contributed by atoms with Crippen molar-refractivity contribution in [1.82, 2.24) is 0 Å². The normalized spacial score (nSPS) is 33.9. The van der Waals surface area contributed by atoms with E-state index in [1.807, 2.05) is 0 Å². The molecule has 4 unspecified atom stereocenters. The first-order valence-corrected chi connectivity index (χ1v) is 11.8. The predicted molar refractivity (Wildman–Crippen MR) is 116 cm³/mol. The van der Waals surface area contributed by atoms with Crippen molar-refractivity contribution >= 4 is 5.97 Å². The monoisotopic (exact) mass is 414 g/mol. The van der Waals surface area contributed by atoms with Gasteiger partial charge in [-0.25, -0.2) is 4.39 Å². The highest BCUT2D eigenvalue weighted by molar-refractivity contribution is 5.75. The molecule has 3 fully saturated rings. The zero-order valence-electron chi connectivity index (χ0n) is 18.2. The maximum atomic E-state index is 14.2. The Morgan fingerprint density at radius 3 is 2.50 bits per heavy atom. The number of methoxy groups -OCH3 is 1. The molecule has 0 aromatic heterocycles. The van der Waals surface area contributed by atoms with Gasteiger partial charge >= 0.3 is 5.97 Å². The van der Waals surface area contributed by atoms with Gasteiger partial charge in [-0.05, 0) is 93.1 Å². The minimum Gasteiger partial charge on any atom is -0.497 e. The number of ether oxygens (including phenoxy) is 2. The Kier molecular flexibility index (Phi) is 6.80. The van der Waals surface area contributed by atoms with E-state index in [0.29, 0.717) is 23.5 Å². The van der Waals surface area contributed by atoms with Crippen molar-refractivity contribution in [1.29, 1.82) is 0 Å². The number of hydrogen-bond acceptors (Lipinski definition) is 3. The van der Waals surface area contributed by atoms with Crippen LogP contribution >= 0.6 is 0 Å². The van der Waals surface area contributed by atoms with Crippen molar-refractivity contribution in [2.24, 2.45) is 35.5 Å². The predicted octanol–water partition coefficient (Wildman–Crippen LogP) is 6.56. The summed E-state index contributed by atoms with van der Waals surface area (Å²) in [5.74, 6) is 2.93. The second-order valence-corrected chi connectivity index (χ2v) is 9.66. The maximum Gasteiger partial charge on any atom is 0.314 e. The molecule has 0 radical (unpaired) electrons. The molecular formula is C26H35FO3. The van der Waals surface area contributed by atoms with Crippen LogP contribution < -0.4 is 9.47 Å². The highest BCUT2D eigenvalue weighted by Crippen LogP contribution is 2.50. The van der Waals surface area contributed by atoms with E-state index in [1.54, 1.807) is 6.07 Å². The van der Waals surface area contributed by atoms with Gasteiger partial charge in [-0.3, -0.25) is 4.79 Å². The Morgan fingerprint density at radius 2 is 1.80 bits per heavy atom. The Labute approximate surface area is 180 Å². The third kappa shape index (κ3) is 4.58. The number of benzene rings is 1. The summed E-state index contributed by atoms with van der Waals surface area (Å²) in [6.07, 6.45) is 14.2. The quantitative estimate of drug-likeness (QED) is 0.311. The highest BCUT2D eigenvalue weighted by Gasteiger charge is 2.43. The standard InChI is InChI=1S/C26H35FO3/c1-3-17-7-9-18(10-8-17)19-11-13-22-20(15-19)5-4-6-23(22)26(28)30-25-14-12-21(29-2)16-24(25)27/h3,12,14,16-20,22-23H,1,4-11,13,15H2,2H3. The van der Waals surface area contributed by atoms with Gasteiger partial charge in [0.1, 0.15) is 5.75 Å². The van der Waals surface area contributed by atoms with Gasteiger partial charge in [0.05, 0.1) is 13.0 Å². The number of carbonyl (C=O) groups excluding carboxylic acids is 1. The fourth-order valence-corrected chi connectivity index (χ4v) is 6.45. The molecule has 1 aromatic carbocycles. The second-order valence-electron chi connectivity index (χ2n) is 9.66. The van der Waals surface area contributed by atoms with Gasteiger partial charge in [0, 0.05) is 6.07 Å². The van der Waals surface area contributed by atoms with Gasteiger partial charge in [0.15, 0.2) is 11.6 Å². The largest absolute Gasteiger partial charge is 0.497 e. The minimum atomic E-state index is -0.547. The van der Waals surface area contributed by atoms with Crippen LogP contribution in [0.3, 0.4) is 0 Å². The molecule has 0 amide bonds. The van der Waals surface area contributed by atoms with Crippen molar-refractivity contribution in [3.8, 4) is 11.5 Å². The molecule has 3 saturated carbocycles. The van der Waals surface area contributed by atoms with E-state index in [2.05, 4.69) is 12.7 Å². The molecule has 3 aliphatic rings. The molecule has 1 aromatic rings. The van der Waals surface area contributed by atoms with Crippen LogP contribution in [-0.4, -0.2) is 13.1 Å². The van der Waals surface area contributed by atoms with Crippen LogP contribution in [0.15, 0.2) is 30.9 Å². The summed E-state index contributed by atoms with van der Waals surface area (Å²) in [6, 6.07) is 4.38. The average molecular weight is 415 g/mol. The van der Waals surface area contributed by atoms with E-state index in [-0.39, 0.29) is 17.6 Å². The second kappa shape index (κ2) is 9.53. The van der Waals surface area contributed by atoms with Gasteiger partial charge in [-0.2, -0.15) is 0 Å². The highest BCUT2D eigenvalue weighted by atomic mass is 19.1. The van der Waals surface area contributed by atoms with Crippen LogP contribution in [0.4, 0.5) is 4.39 Å². The third-order valence-electron chi connectivity index (χ3n) is 8.16. The average Bonchev–Trinajstić information content (AvgIpc) is 2.79.